The lowest BCUT2D eigenvalue weighted by Gasteiger charge is -2.15. The van der Waals surface area contributed by atoms with Crippen molar-refractivity contribution in [2.45, 2.75) is 18.2 Å². The molecule has 0 bridgehead atoms. The van der Waals surface area contributed by atoms with Crippen LogP contribution in [0.4, 0.5) is 0 Å². The predicted molar refractivity (Wildman–Crippen MR) is 132 cm³/mol. The van der Waals surface area contributed by atoms with Crippen LogP contribution in [0.25, 0.3) is 10.9 Å². The molecule has 4 aromatic rings. The molecular formula is C25H22ClN3O3S. The quantitative estimate of drug-likeness (QED) is 0.297. The molecule has 1 aromatic heterocycles. The molecule has 168 valence electrons. The molecule has 0 saturated carbocycles. The number of nitrogens with zero attached hydrogens (tertiary/aromatic N) is 2. The highest BCUT2D eigenvalue weighted by Gasteiger charge is 2.15. The first-order valence-corrected chi connectivity index (χ1v) is 11.7. The second-order valence-electron chi connectivity index (χ2n) is 7.27. The fourth-order valence-corrected chi connectivity index (χ4v) is 4.45. The first-order chi connectivity index (χ1) is 16.1. The zero-order valence-corrected chi connectivity index (χ0v) is 19.5. The van der Waals surface area contributed by atoms with E-state index in [9.17, 15) is 9.59 Å². The standard InChI is InChI=1S/C25H22ClN3O3S/c1-32-22-13-7-3-9-18(22)15-29-24(31)19-10-4-6-12-21(19)28-25(29)33-16-23(30)27-14-17-8-2-5-11-20(17)26/h2-13H,14-16H2,1H3,(H,27,30). The van der Waals surface area contributed by atoms with Gasteiger partial charge in [0.2, 0.25) is 5.91 Å². The highest BCUT2D eigenvalue weighted by molar-refractivity contribution is 7.99. The molecule has 0 atom stereocenters. The normalized spacial score (nSPS) is 10.8. The number of halogens is 1. The second-order valence-corrected chi connectivity index (χ2v) is 8.62. The Hall–Kier alpha value is -3.29. The van der Waals surface area contributed by atoms with E-state index in [1.54, 1.807) is 29.9 Å². The Morgan fingerprint density at radius 2 is 1.73 bits per heavy atom. The smallest absolute Gasteiger partial charge is 0.262 e. The Morgan fingerprint density at radius 3 is 2.52 bits per heavy atom. The number of benzene rings is 3. The number of nitrogens with one attached hydrogen (secondary N) is 1. The predicted octanol–water partition coefficient (Wildman–Crippen LogP) is 4.52. The largest absolute Gasteiger partial charge is 0.496 e. The summed E-state index contributed by atoms with van der Waals surface area (Å²) in [5, 5.41) is 4.47. The molecular weight excluding hydrogens is 458 g/mol. The summed E-state index contributed by atoms with van der Waals surface area (Å²) in [7, 11) is 1.60. The Kier molecular flexibility index (Phi) is 7.32. The summed E-state index contributed by atoms with van der Waals surface area (Å²) < 4.78 is 7.04. The number of hydrogen-bond donors (Lipinski definition) is 1. The van der Waals surface area contributed by atoms with E-state index in [2.05, 4.69) is 10.3 Å². The highest BCUT2D eigenvalue weighted by Crippen LogP contribution is 2.23. The summed E-state index contributed by atoms with van der Waals surface area (Å²) in [5.41, 5.74) is 2.13. The van der Waals surface area contributed by atoms with Crippen LogP contribution in [0.2, 0.25) is 5.02 Å². The van der Waals surface area contributed by atoms with Gasteiger partial charge < -0.3 is 10.1 Å². The van der Waals surface area contributed by atoms with Crippen LogP contribution in [0.1, 0.15) is 11.1 Å². The second kappa shape index (κ2) is 10.6. The first kappa shape index (κ1) is 22.9. The number of carbonyl (C=O) groups excluding carboxylic acids is 1. The Morgan fingerprint density at radius 1 is 1.03 bits per heavy atom. The van der Waals surface area contributed by atoms with Crippen LogP contribution in [0.5, 0.6) is 5.75 Å². The number of amides is 1. The molecule has 0 spiro atoms. The number of methoxy groups -OCH3 is 1. The Balaban J connectivity index is 1.58. The minimum Gasteiger partial charge on any atom is -0.496 e. The van der Waals surface area contributed by atoms with E-state index in [0.29, 0.717) is 33.4 Å². The minimum atomic E-state index is -0.175. The van der Waals surface area contributed by atoms with Crippen LogP contribution in [0.15, 0.2) is 82.7 Å². The van der Waals surface area contributed by atoms with Crippen molar-refractivity contribution in [2.75, 3.05) is 12.9 Å². The van der Waals surface area contributed by atoms with Gasteiger partial charge in [0.25, 0.3) is 5.56 Å². The number of para-hydroxylation sites is 2. The first-order valence-electron chi connectivity index (χ1n) is 10.3. The summed E-state index contributed by atoms with van der Waals surface area (Å²) in [6.45, 7) is 0.614. The van der Waals surface area contributed by atoms with Crippen LogP contribution < -0.4 is 15.6 Å². The molecule has 0 fully saturated rings. The monoisotopic (exact) mass is 479 g/mol. The third-order valence-corrected chi connectivity index (χ3v) is 6.46. The van der Waals surface area contributed by atoms with Gasteiger partial charge in [-0.3, -0.25) is 14.2 Å². The van der Waals surface area contributed by atoms with Gasteiger partial charge in [0, 0.05) is 17.1 Å². The van der Waals surface area contributed by atoms with Gasteiger partial charge in [-0.15, -0.1) is 0 Å². The molecule has 3 aromatic carbocycles. The maximum Gasteiger partial charge on any atom is 0.262 e. The zero-order valence-electron chi connectivity index (χ0n) is 18.0. The summed E-state index contributed by atoms with van der Waals surface area (Å²) in [6.07, 6.45) is 0. The average molecular weight is 480 g/mol. The van der Waals surface area contributed by atoms with Crippen molar-refractivity contribution in [1.29, 1.82) is 0 Å². The Labute approximate surface area is 200 Å². The van der Waals surface area contributed by atoms with Crippen LogP contribution >= 0.6 is 23.4 Å². The van der Waals surface area contributed by atoms with Crippen molar-refractivity contribution < 1.29 is 9.53 Å². The fraction of sp³-hybridized carbons (Fsp3) is 0.160. The number of fused-ring (bicyclic) bond motifs is 1. The minimum absolute atomic E-state index is 0.112. The lowest BCUT2D eigenvalue weighted by Crippen LogP contribution is -2.27. The van der Waals surface area contributed by atoms with Crippen LogP contribution in [-0.4, -0.2) is 28.3 Å². The van der Waals surface area contributed by atoms with Gasteiger partial charge in [-0.05, 0) is 29.8 Å². The van der Waals surface area contributed by atoms with Gasteiger partial charge in [-0.25, -0.2) is 4.98 Å². The number of carbonyl (C=O) groups is 1. The van der Waals surface area contributed by atoms with Crippen molar-refractivity contribution in [3.8, 4) is 5.75 Å². The van der Waals surface area contributed by atoms with Crippen molar-refractivity contribution in [3.05, 3.63) is 99.3 Å². The number of aromatic nitrogens is 2. The molecule has 33 heavy (non-hydrogen) atoms. The molecule has 0 aliphatic heterocycles. The van der Waals surface area contributed by atoms with E-state index in [1.807, 2.05) is 54.6 Å². The van der Waals surface area contributed by atoms with Gasteiger partial charge in [0.15, 0.2) is 5.16 Å². The molecule has 1 amide bonds. The van der Waals surface area contributed by atoms with Crippen LogP contribution in [0, 0.1) is 0 Å². The van der Waals surface area contributed by atoms with Gasteiger partial charge >= 0.3 is 0 Å². The zero-order chi connectivity index (χ0) is 23.2. The number of rotatable bonds is 8. The number of thioether (sulfide) groups is 1. The third kappa shape index (κ3) is 5.38. The molecule has 4 rings (SSSR count). The van der Waals surface area contributed by atoms with Gasteiger partial charge in [-0.1, -0.05) is 71.9 Å². The Bertz CT molecular complexity index is 1360. The SMILES string of the molecule is COc1ccccc1Cn1c(SCC(=O)NCc2ccccc2Cl)nc2ccccc2c1=O. The summed E-state index contributed by atoms with van der Waals surface area (Å²) >= 11 is 7.38. The van der Waals surface area contributed by atoms with E-state index in [4.69, 9.17) is 16.3 Å². The average Bonchev–Trinajstić information content (AvgIpc) is 2.84. The summed E-state index contributed by atoms with van der Waals surface area (Å²) in [4.78, 5) is 30.5. The van der Waals surface area contributed by atoms with Crippen LogP contribution in [0.3, 0.4) is 0 Å². The lowest BCUT2D eigenvalue weighted by atomic mass is 10.2. The van der Waals surface area contributed by atoms with E-state index in [0.717, 1.165) is 11.1 Å². The maximum atomic E-state index is 13.3. The van der Waals surface area contributed by atoms with Gasteiger partial charge in [0.1, 0.15) is 5.75 Å². The molecule has 0 unspecified atom stereocenters. The third-order valence-electron chi connectivity index (χ3n) is 5.11. The van der Waals surface area contributed by atoms with Crippen molar-refractivity contribution in [3.63, 3.8) is 0 Å². The van der Waals surface area contributed by atoms with Gasteiger partial charge in [0.05, 0.1) is 30.3 Å². The molecule has 1 N–H and O–H groups in total. The van der Waals surface area contributed by atoms with Crippen molar-refractivity contribution in [2.24, 2.45) is 0 Å². The van der Waals surface area contributed by atoms with Crippen molar-refractivity contribution in [1.82, 2.24) is 14.9 Å². The molecule has 0 aliphatic rings. The van der Waals surface area contributed by atoms with Crippen molar-refractivity contribution >= 4 is 40.2 Å². The van der Waals surface area contributed by atoms with E-state index in [1.165, 1.54) is 11.8 Å². The van der Waals surface area contributed by atoms with E-state index < -0.39 is 0 Å². The summed E-state index contributed by atoms with van der Waals surface area (Å²) in [5.74, 6) is 0.624. The molecule has 1 heterocycles. The topological polar surface area (TPSA) is 73.2 Å². The number of ether oxygens (including phenoxy) is 1. The van der Waals surface area contributed by atoms with Crippen LogP contribution in [-0.2, 0) is 17.9 Å². The van der Waals surface area contributed by atoms with E-state index >= 15 is 0 Å². The molecule has 0 saturated heterocycles. The molecule has 8 heteroatoms. The summed E-state index contributed by atoms with van der Waals surface area (Å²) in [6, 6.07) is 22.1. The maximum absolute atomic E-state index is 13.3. The molecule has 0 aliphatic carbocycles. The number of hydrogen-bond acceptors (Lipinski definition) is 5. The fourth-order valence-electron chi connectivity index (χ4n) is 3.42. The molecule has 0 radical (unpaired) electrons. The lowest BCUT2D eigenvalue weighted by molar-refractivity contribution is -0.118. The molecule has 6 nitrogen and oxygen atoms in total. The highest BCUT2D eigenvalue weighted by atomic mass is 35.5. The van der Waals surface area contributed by atoms with E-state index in [-0.39, 0.29) is 23.8 Å². The van der Waals surface area contributed by atoms with Gasteiger partial charge in [-0.2, -0.15) is 0 Å².